The monoisotopic (exact) mass is 588 g/mol. The number of carboxylic acids is 1. The maximum absolute atomic E-state index is 13.7. The highest BCUT2D eigenvalue weighted by molar-refractivity contribution is 5.97. The molecule has 13 heteroatoms. The number of oxime groups is 1. The van der Waals surface area contributed by atoms with Gasteiger partial charge in [0, 0.05) is 31.5 Å². The van der Waals surface area contributed by atoms with E-state index < -0.39 is 42.4 Å². The van der Waals surface area contributed by atoms with E-state index in [1.54, 1.807) is 19.1 Å². The fourth-order valence-electron chi connectivity index (χ4n) is 5.29. The molecule has 0 radical (unpaired) electrons. The molecule has 4 atom stereocenters. The van der Waals surface area contributed by atoms with Crippen LogP contribution in [0.15, 0.2) is 53.3 Å². The number of rotatable bonds is 14. The van der Waals surface area contributed by atoms with Crippen molar-refractivity contribution in [2.24, 2.45) is 5.16 Å². The number of amides is 3. The van der Waals surface area contributed by atoms with Crippen LogP contribution in [0.3, 0.4) is 0 Å². The summed E-state index contributed by atoms with van der Waals surface area (Å²) in [6, 6.07) is -2.38. The fraction of sp³-hybridized carbons (Fsp3) is 0.586. The summed E-state index contributed by atoms with van der Waals surface area (Å²) in [6.45, 7) is 6.13. The molecule has 3 amide bonds. The molecule has 0 aromatic carbocycles. The predicted octanol–water partition coefficient (Wildman–Crippen LogP) is 2.18. The lowest BCUT2D eigenvalue weighted by Crippen LogP contribution is -2.66. The number of carboxylic acid groups (broad SMARTS) is 1. The Morgan fingerprint density at radius 2 is 2.07 bits per heavy atom. The van der Waals surface area contributed by atoms with Crippen molar-refractivity contribution in [3.63, 3.8) is 0 Å². The Hall–Kier alpha value is -3.52. The van der Waals surface area contributed by atoms with Gasteiger partial charge in [-0.3, -0.25) is 20.3 Å². The molecule has 3 rings (SSSR count). The molecule has 0 spiro atoms. The van der Waals surface area contributed by atoms with E-state index in [4.69, 9.17) is 4.84 Å². The third kappa shape index (κ3) is 9.51. The van der Waals surface area contributed by atoms with Gasteiger partial charge in [0.1, 0.15) is 19.1 Å². The number of nitrogens with zero attached hydrogens (tertiary/aromatic N) is 4. The second-order valence-electron chi connectivity index (χ2n) is 10.5. The molecular formula is C29H44N6O7. The summed E-state index contributed by atoms with van der Waals surface area (Å²) in [5.74, 6) is -1.64. The van der Waals surface area contributed by atoms with Crippen molar-refractivity contribution in [3.8, 4) is 0 Å². The maximum Gasteiger partial charge on any atom is 0.353 e. The van der Waals surface area contributed by atoms with Crippen LogP contribution >= 0.6 is 0 Å². The number of aliphatic carboxylic acids is 1. The van der Waals surface area contributed by atoms with Crippen LogP contribution in [0, 0.1) is 0 Å². The predicted molar refractivity (Wildman–Crippen MR) is 156 cm³/mol. The number of fused-ring (bicyclic) bond motifs is 1. The molecule has 1 aliphatic carbocycles. The van der Waals surface area contributed by atoms with Gasteiger partial charge in [-0.2, -0.15) is 5.01 Å². The number of urea groups is 1. The second kappa shape index (κ2) is 16.8. The number of carbonyl (C=O) groups excluding carboxylic acids is 2. The Bertz CT molecular complexity index is 1070. The Labute approximate surface area is 246 Å². The highest BCUT2D eigenvalue weighted by Crippen LogP contribution is 2.27. The molecule has 0 aromatic rings. The number of hydrogen-bond acceptors (Lipinski definition) is 9. The molecule has 2 heterocycles. The zero-order valence-electron chi connectivity index (χ0n) is 24.2. The summed E-state index contributed by atoms with van der Waals surface area (Å²) >= 11 is 0. The molecule has 2 aliphatic heterocycles. The van der Waals surface area contributed by atoms with Crippen LogP contribution in [0.4, 0.5) is 4.79 Å². The zero-order chi connectivity index (χ0) is 30.5. The van der Waals surface area contributed by atoms with Crippen molar-refractivity contribution in [1.29, 1.82) is 0 Å². The van der Waals surface area contributed by atoms with Gasteiger partial charge in [-0.15, -0.1) is 0 Å². The quantitative estimate of drug-likeness (QED) is 0.0389. The lowest BCUT2D eigenvalue weighted by molar-refractivity contribution is -0.167. The molecule has 42 heavy (non-hydrogen) atoms. The number of nitrogens with one attached hydrogen (secondary N) is 2. The maximum atomic E-state index is 13.7. The molecule has 3 aliphatic rings. The summed E-state index contributed by atoms with van der Waals surface area (Å²) in [4.78, 5) is 43.5. The van der Waals surface area contributed by atoms with E-state index in [9.17, 15) is 29.7 Å². The zero-order valence-corrected chi connectivity index (χ0v) is 24.2. The lowest BCUT2D eigenvalue weighted by atomic mass is 9.98. The Morgan fingerprint density at radius 3 is 2.76 bits per heavy atom. The van der Waals surface area contributed by atoms with E-state index >= 15 is 0 Å². The van der Waals surface area contributed by atoms with Crippen LogP contribution in [0.2, 0.25) is 0 Å². The van der Waals surface area contributed by atoms with Gasteiger partial charge in [-0.1, -0.05) is 41.6 Å². The van der Waals surface area contributed by atoms with Gasteiger partial charge in [-0.05, 0) is 51.5 Å². The van der Waals surface area contributed by atoms with Crippen LogP contribution < -0.4 is 10.7 Å². The van der Waals surface area contributed by atoms with Gasteiger partial charge in [0.25, 0.3) is 5.91 Å². The Morgan fingerprint density at radius 1 is 1.26 bits per heavy atom. The fourth-order valence-corrected chi connectivity index (χ4v) is 5.29. The van der Waals surface area contributed by atoms with Crippen molar-refractivity contribution in [2.45, 2.75) is 89.3 Å². The van der Waals surface area contributed by atoms with Gasteiger partial charge in [-0.25, -0.2) is 14.8 Å². The molecule has 2 fully saturated rings. The smallest absolute Gasteiger partial charge is 0.353 e. The summed E-state index contributed by atoms with van der Waals surface area (Å²) in [6.07, 6.45) is 13.3. The van der Waals surface area contributed by atoms with Crippen molar-refractivity contribution in [2.75, 3.05) is 19.7 Å². The van der Waals surface area contributed by atoms with Crippen LogP contribution in [-0.4, -0.2) is 98.7 Å². The third-order valence-corrected chi connectivity index (χ3v) is 7.36. The topological polar surface area (TPSA) is 167 Å². The molecule has 13 nitrogen and oxygen atoms in total. The van der Waals surface area contributed by atoms with Crippen LogP contribution in [0.5, 0.6) is 0 Å². The minimum absolute atomic E-state index is 0.0364. The lowest BCUT2D eigenvalue weighted by Gasteiger charge is -2.46. The number of carbonyl (C=O) groups is 3. The Balaban J connectivity index is 1.70. The van der Waals surface area contributed by atoms with E-state index in [0.29, 0.717) is 26.0 Å². The van der Waals surface area contributed by atoms with E-state index in [-0.39, 0.29) is 25.0 Å². The van der Waals surface area contributed by atoms with E-state index in [2.05, 4.69) is 28.6 Å². The standard InChI is InChI=1S/C29H44N6O7/c1-3-9-22(10-4-2)27(39)32-33-17-14-25(36)34-16-8-13-24(35(34)29(33)41)28(40)31-23(19-26(37)38)20-30-42-18-15-21-11-6-5-7-12-21/h3-4,9-11,20,23-25,28,31,36,40H,1,5-8,12-19H2,2H3,(H,32,39)(H,37,38)/b10-4-,22-9+,30-20+/t23?,24-,25?,28?/m0/s1. The van der Waals surface area contributed by atoms with Gasteiger partial charge in [0.15, 0.2) is 0 Å². The SMILES string of the molecule is C=C/C=C(\C=C/C)C(=O)NN1CCC(O)N2CCC[C@@H](C(O)NC(/C=N/OCCC3=CCCCC3)CC(=O)O)N2C1=O. The minimum atomic E-state index is -1.37. The van der Waals surface area contributed by atoms with Gasteiger partial charge >= 0.3 is 12.0 Å². The number of hydrogen-bond donors (Lipinski definition) is 5. The van der Waals surface area contributed by atoms with Crippen LogP contribution in [0.25, 0.3) is 0 Å². The largest absolute Gasteiger partial charge is 0.481 e. The molecule has 3 unspecified atom stereocenters. The Kier molecular flexibility index (Phi) is 13.2. The molecule has 0 saturated carbocycles. The molecule has 0 aromatic heterocycles. The average molecular weight is 589 g/mol. The molecular weight excluding hydrogens is 544 g/mol. The summed E-state index contributed by atoms with van der Waals surface area (Å²) < 4.78 is 0. The number of aliphatic hydroxyl groups excluding tert-OH is 2. The first-order valence-electron chi connectivity index (χ1n) is 14.6. The van der Waals surface area contributed by atoms with E-state index in [0.717, 1.165) is 24.3 Å². The van der Waals surface area contributed by atoms with Crippen molar-refractivity contribution in [1.82, 2.24) is 25.8 Å². The van der Waals surface area contributed by atoms with Gasteiger partial charge < -0.3 is 20.2 Å². The summed E-state index contributed by atoms with van der Waals surface area (Å²) in [5.41, 5.74) is 4.21. The second-order valence-corrected chi connectivity index (χ2v) is 10.5. The van der Waals surface area contributed by atoms with E-state index in [1.807, 2.05) is 0 Å². The average Bonchev–Trinajstić information content (AvgIpc) is 3.09. The van der Waals surface area contributed by atoms with Gasteiger partial charge in [0.05, 0.1) is 24.7 Å². The van der Waals surface area contributed by atoms with Crippen molar-refractivity contribution >= 4 is 24.1 Å². The van der Waals surface area contributed by atoms with Gasteiger partial charge in [0.2, 0.25) is 0 Å². The molecule has 0 bridgehead atoms. The van der Waals surface area contributed by atoms with Crippen molar-refractivity contribution < 1.29 is 34.5 Å². The minimum Gasteiger partial charge on any atom is -0.481 e. The van der Waals surface area contributed by atoms with Crippen LogP contribution in [-0.2, 0) is 14.4 Å². The van der Waals surface area contributed by atoms with Crippen LogP contribution in [0.1, 0.15) is 64.7 Å². The first kappa shape index (κ1) is 33.0. The molecule has 232 valence electrons. The number of hydrazine groups is 2. The molecule has 5 N–H and O–H groups in total. The first-order chi connectivity index (χ1) is 20.2. The highest BCUT2D eigenvalue weighted by atomic mass is 16.6. The normalized spacial score (nSPS) is 23.7. The molecule has 2 saturated heterocycles. The number of allylic oxidation sites excluding steroid dienone is 4. The third-order valence-electron chi connectivity index (χ3n) is 7.36. The highest BCUT2D eigenvalue weighted by Gasteiger charge is 2.44. The first-order valence-corrected chi connectivity index (χ1v) is 14.6. The summed E-state index contributed by atoms with van der Waals surface area (Å²) in [7, 11) is 0. The number of aliphatic hydroxyl groups is 2. The van der Waals surface area contributed by atoms with E-state index in [1.165, 1.54) is 46.8 Å². The van der Waals surface area contributed by atoms with Crippen molar-refractivity contribution in [3.05, 3.63) is 48.1 Å². The summed E-state index contributed by atoms with van der Waals surface area (Å²) in [5, 5.41) is 42.1.